The first-order valence-electron chi connectivity index (χ1n) is 7.15. The molecule has 1 saturated carbocycles. The van der Waals surface area contributed by atoms with Crippen molar-refractivity contribution in [2.75, 3.05) is 26.2 Å². The van der Waals surface area contributed by atoms with Gasteiger partial charge in [-0.25, -0.2) is 4.39 Å². The van der Waals surface area contributed by atoms with Crippen LogP contribution in [0.4, 0.5) is 4.39 Å². The molecule has 2 fully saturated rings. The number of hydrogen-bond acceptors (Lipinski definition) is 2. The van der Waals surface area contributed by atoms with E-state index >= 15 is 0 Å². The Labute approximate surface area is 134 Å². The fourth-order valence-electron chi connectivity index (χ4n) is 3.21. The van der Waals surface area contributed by atoms with Gasteiger partial charge in [0.1, 0.15) is 5.82 Å². The molecule has 5 heteroatoms. The van der Waals surface area contributed by atoms with Crippen LogP contribution in [0.15, 0.2) is 22.7 Å². The molecule has 1 aromatic rings. The zero-order valence-corrected chi connectivity index (χ0v) is 13.9. The number of piperazine rings is 1. The fraction of sp³-hybridized carbons (Fsp3) is 0.600. The molecule has 2 aliphatic rings. The largest absolute Gasteiger partial charge is 0.314 e. The maximum atomic E-state index is 14.3. The van der Waals surface area contributed by atoms with Gasteiger partial charge in [0.05, 0.1) is 0 Å². The van der Waals surface area contributed by atoms with Crippen molar-refractivity contribution in [1.82, 2.24) is 10.2 Å². The summed E-state index contributed by atoms with van der Waals surface area (Å²) in [6, 6.07) is 5.80. The minimum absolute atomic E-state index is 0. The minimum atomic E-state index is -0.0650. The Kier molecular flexibility index (Phi) is 5.84. The average Bonchev–Trinajstić information content (AvgIpc) is 2.35. The Hall–Kier alpha value is -0.160. The molecule has 1 saturated heterocycles. The van der Waals surface area contributed by atoms with Crippen LogP contribution in [0.5, 0.6) is 0 Å². The minimum Gasteiger partial charge on any atom is -0.314 e. The monoisotopic (exact) mass is 362 g/mol. The molecule has 3 rings (SSSR count). The predicted molar refractivity (Wildman–Crippen MR) is 85.9 cm³/mol. The van der Waals surface area contributed by atoms with Crippen molar-refractivity contribution < 1.29 is 4.39 Å². The van der Waals surface area contributed by atoms with Crippen LogP contribution in [0, 0.1) is 11.7 Å². The second-order valence-corrected chi connectivity index (χ2v) is 6.50. The molecular formula is C15H21BrClFN2. The normalized spacial score (nSPS) is 21.9. The first-order valence-corrected chi connectivity index (χ1v) is 7.95. The second-order valence-electron chi connectivity index (χ2n) is 5.59. The standard InChI is InChI=1S/C15H20BrFN2.ClH/c16-12-4-5-13(14(17)10-12)15(11-2-1-3-11)19-8-6-18-7-9-19;/h4-5,10-11,15,18H,1-3,6-9H2;1H/t15-;/m1./s1. The number of nitrogens with one attached hydrogen (secondary N) is 1. The Balaban J connectivity index is 0.00000147. The van der Waals surface area contributed by atoms with E-state index in [-0.39, 0.29) is 24.3 Å². The zero-order valence-electron chi connectivity index (χ0n) is 11.4. The first-order chi connectivity index (χ1) is 9.25. The Bertz CT molecular complexity index is 447. The zero-order chi connectivity index (χ0) is 13.2. The molecule has 1 aromatic carbocycles. The van der Waals surface area contributed by atoms with Crippen LogP contribution in [-0.2, 0) is 0 Å². The lowest BCUT2D eigenvalue weighted by Crippen LogP contribution is -2.48. The maximum Gasteiger partial charge on any atom is 0.129 e. The van der Waals surface area contributed by atoms with Gasteiger partial charge in [-0.15, -0.1) is 12.4 Å². The SMILES string of the molecule is Cl.Fc1cc(Br)ccc1[C@@H](C1CCC1)N1CCNCC1. The number of hydrogen-bond donors (Lipinski definition) is 1. The van der Waals surface area contributed by atoms with Crippen molar-refractivity contribution in [3.05, 3.63) is 34.1 Å². The van der Waals surface area contributed by atoms with Crippen molar-refractivity contribution in [1.29, 1.82) is 0 Å². The molecule has 0 radical (unpaired) electrons. The molecule has 1 aliphatic carbocycles. The summed E-state index contributed by atoms with van der Waals surface area (Å²) < 4.78 is 15.1. The smallest absolute Gasteiger partial charge is 0.129 e. The number of nitrogens with zero attached hydrogens (tertiary/aromatic N) is 1. The van der Waals surface area contributed by atoms with Gasteiger partial charge in [0.2, 0.25) is 0 Å². The van der Waals surface area contributed by atoms with Crippen LogP contribution in [0.25, 0.3) is 0 Å². The van der Waals surface area contributed by atoms with Crippen LogP contribution < -0.4 is 5.32 Å². The van der Waals surface area contributed by atoms with E-state index in [0.717, 1.165) is 36.2 Å². The molecule has 0 spiro atoms. The van der Waals surface area contributed by atoms with E-state index in [9.17, 15) is 4.39 Å². The van der Waals surface area contributed by atoms with E-state index in [0.29, 0.717) is 5.92 Å². The lowest BCUT2D eigenvalue weighted by atomic mass is 9.76. The maximum absolute atomic E-state index is 14.3. The van der Waals surface area contributed by atoms with Crippen molar-refractivity contribution in [2.45, 2.75) is 25.3 Å². The number of halogens is 3. The molecule has 0 unspecified atom stereocenters. The van der Waals surface area contributed by atoms with Crippen molar-refractivity contribution in [3.63, 3.8) is 0 Å². The second kappa shape index (κ2) is 7.21. The summed E-state index contributed by atoms with van der Waals surface area (Å²) >= 11 is 3.35. The summed E-state index contributed by atoms with van der Waals surface area (Å²) in [6.07, 6.45) is 3.78. The summed E-state index contributed by atoms with van der Waals surface area (Å²) in [5.41, 5.74) is 0.884. The lowest BCUT2D eigenvalue weighted by Gasteiger charge is -2.43. The summed E-state index contributed by atoms with van der Waals surface area (Å²) in [6.45, 7) is 4.08. The molecule has 1 heterocycles. The molecule has 112 valence electrons. The highest BCUT2D eigenvalue weighted by atomic mass is 79.9. The van der Waals surface area contributed by atoms with Crippen LogP contribution in [0.1, 0.15) is 30.9 Å². The van der Waals surface area contributed by atoms with Crippen LogP contribution in [0.2, 0.25) is 0 Å². The van der Waals surface area contributed by atoms with E-state index in [4.69, 9.17) is 0 Å². The molecule has 1 atom stereocenters. The predicted octanol–water partition coefficient (Wildman–Crippen LogP) is 3.76. The van der Waals surface area contributed by atoms with E-state index in [1.165, 1.54) is 19.3 Å². The van der Waals surface area contributed by atoms with Gasteiger partial charge in [-0.2, -0.15) is 0 Å². The van der Waals surface area contributed by atoms with Gasteiger partial charge in [-0.05, 0) is 30.9 Å². The van der Waals surface area contributed by atoms with Crippen LogP contribution in [0.3, 0.4) is 0 Å². The molecule has 1 aliphatic heterocycles. The van der Waals surface area contributed by atoms with E-state index < -0.39 is 0 Å². The highest BCUT2D eigenvalue weighted by Gasteiger charge is 2.34. The molecule has 0 aromatic heterocycles. The Morgan fingerprint density at radius 1 is 1.25 bits per heavy atom. The topological polar surface area (TPSA) is 15.3 Å². The van der Waals surface area contributed by atoms with Crippen LogP contribution in [-0.4, -0.2) is 31.1 Å². The van der Waals surface area contributed by atoms with Gasteiger partial charge >= 0.3 is 0 Å². The summed E-state index contributed by atoms with van der Waals surface area (Å²) in [4.78, 5) is 2.46. The van der Waals surface area contributed by atoms with Gasteiger partial charge in [0.25, 0.3) is 0 Å². The highest BCUT2D eigenvalue weighted by molar-refractivity contribution is 9.10. The van der Waals surface area contributed by atoms with Gasteiger partial charge in [0.15, 0.2) is 0 Å². The molecule has 0 amide bonds. The van der Waals surface area contributed by atoms with E-state index in [2.05, 4.69) is 26.1 Å². The van der Waals surface area contributed by atoms with Gasteiger partial charge in [-0.3, -0.25) is 4.90 Å². The quantitative estimate of drug-likeness (QED) is 0.880. The number of rotatable bonds is 3. The van der Waals surface area contributed by atoms with Crippen molar-refractivity contribution in [2.24, 2.45) is 5.92 Å². The van der Waals surface area contributed by atoms with Gasteiger partial charge in [-0.1, -0.05) is 28.4 Å². The van der Waals surface area contributed by atoms with Gasteiger partial charge in [0, 0.05) is 42.3 Å². The molecule has 2 nitrogen and oxygen atoms in total. The summed E-state index contributed by atoms with van der Waals surface area (Å²) in [7, 11) is 0. The molecule has 1 N–H and O–H groups in total. The highest BCUT2D eigenvalue weighted by Crippen LogP contribution is 2.42. The Morgan fingerprint density at radius 3 is 2.50 bits per heavy atom. The van der Waals surface area contributed by atoms with E-state index in [1.807, 2.05) is 12.1 Å². The lowest BCUT2D eigenvalue weighted by molar-refractivity contribution is 0.0812. The first kappa shape index (κ1) is 16.2. The third kappa shape index (κ3) is 3.35. The fourth-order valence-corrected chi connectivity index (χ4v) is 3.54. The van der Waals surface area contributed by atoms with Crippen molar-refractivity contribution >= 4 is 28.3 Å². The summed E-state index contributed by atoms with van der Waals surface area (Å²) in [5, 5.41) is 3.38. The van der Waals surface area contributed by atoms with E-state index in [1.54, 1.807) is 6.07 Å². The molecule has 20 heavy (non-hydrogen) atoms. The average molecular weight is 364 g/mol. The van der Waals surface area contributed by atoms with Crippen LogP contribution >= 0.6 is 28.3 Å². The summed E-state index contributed by atoms with van der Waals surface area (Å²) in [5.74, 6) is 0.568. The van der Waals surface area contributed by atoms with Gasteiger partial charge < -0.3 is 5.32 Å². The third-order valence-corrected chi connectivity index (χ3v) is 4.92. The Morgan fingerprint density at radius 2 is 1.95 bits per heavy atom. The molecular weight excluding hydrogens is 343 g/mol. The molecule has 0 bridgehead atoms. The number of benzene rings is 1. The third-order valence-electron chi connectivity index (χ3n) is 4.42. The van der Waals surface area contributed by atoms with Crippen molar-refractivity contribution in [3.8, 4) is 0 Å².